The summed E-state index contributed by atoms with van der Waals surface area (Å²) < 4.78 is 5.31. The van der Waals surface area contributed by atoms with Gasteiger partial charge in [-0.3, -0.25) is 0 Å². The fourth-order valence-electron chi connectivity index (χ4n) is 4.14. The van der Waals surface area contributed by atoms with Gasteiger partial charge in [-0.25, -0.2) is 0 Å². The van der Waals surface area contributed by atoms with Crippen LogP contribution in [0.2, 0.25) is 0 Å². The Morgan fingerprint density at radius 2 is 2.35 bits per heavy atom. The molecule has 2 bridgehead atoms. The van der Waals surface area contributed by atoms with Gasteiger partial charge in [0.25, 0.3) is 0 Å². The molecule has 3 nitrogen and oxygen atoms in total. The molecule has 1 aromatic carbocycles. The van der Waals surface area contributed by atoms with Gasteiger partial charge in [0, 0.05) is 23.6 Å². The molecule has 1 heterocycles. The van der Waals surface area contributed by atoms with E-state index in [4.69, 9.17) is 4.74 Å². The fraction of sp³-hybridized carbons (Fsp3) is 0.529. The summed E-state index contributed by atoms with van der Waals surface area (Å²) >= 11 is 0. The van der Waals surface area contributed by atoms with Gasteiger partial charge in [-0.1, -0.05) is 19.1 Å². The van der Waals surface area contributed by atoms with Gasteiger partial charge >= 0.3 is 0 Å². The van der Waals surface area contributed by atoms with Crippen LogP contribution in [0.5, 0.6) is 11.5 Å². The second-order valence-corrected chi connectivity index (χ2v) is 6.11. The summed E-state index contributed by atoms with van der Waals surface area (Å²) in [7, 11) is 1.61. The molecule has 1 saturated heterocycles. The Bertz CT molecular complexity index is 540. The van der Waals surface area contributed by atoms with E-state index in [0.29, 0.717) is 23.5 Å². The van der Waals surface area contributed by atoms with Crippen LogP contribution in [0.25, 0.3) is 0 Å². The molecule has 1 aromatic rings. The molecular formula is C17H23NO2. The number of fused-ring (bicyclic) bond motifs is 4. The smallest absolute Gasteiger partial charge is 0.161 e. The maximum atomic E-state index is 10.7. The van der Waals surface area contributed by atoms with Gasteiger partial charge in [0.15, 0.2) is 11.5 Å². The molecule has 0 aromatic heterocycles. The number of allylic oxidation sites excluding steroid dienone is 1. The molecule has 2 aliphatic rings. The highest BCUT2D eigenvalue weighted by atomic mass is 16.5. The molecule has 0 amide bonds. The predicted molar refractivity (Wildman–Crippen MR) is 80.4 cm³/mol. The van der Waals surface area contributed by atoms with Crippen LogP contribution in [-0.4, -0.2) is 24.8 Å². The largest absolute Gasteiger partial charge is 0.504 e. The van der Waals surface area contributed by atoms with Crippen molar-refractivity contribution in [3.63, 3.8) is 0 Å². The lowest BCUT2D eigenvalue weighted by Gasteiger charge is -2.40. The number of ether oxygens (including phenoxy) is 1. The average Bonchev–Trinajstić information content (AvgIpc) is 2.66. The standard InChI is InChI=1S/C17H23NO2/c1-4-5-8-17-10-18-13(11(17)2)9-12-6-7-14(20-3)16(19)15(12)17/h4,6-7,11,13,18-19H,1,5,8-10H2,2-3H3. The highest BCUT2D eigenvalue weighted by Crippen LogP contribution is 2.53. The van der Waals surface area contributed by atoms with Gasteiger partial charge in [0.1, 0.15) is 0 Å². The fourth-order valence-corrected chi connectivity index (χ4v) is 4.14. The van der Waals surface area contributed by atoms with E-state index in [-0.39, 0.29) is 5.41 Å². The van der Waals surface area contributed by atoms with E-state index in [0.717, 1.165) is 31.4 Å². The summed E-state index contributed by atoms with van der Waals surface area (Å²) in [4.78, 5) is 0. The molecule has 108 valence electrons. The van der Waals surface area contributed by atoms with Crippen molar-refractivity contribution in [2.75, 3.05) is 13.7 Å². The van der Waals surface area contributed by atoms with Crippen LogP contribution in [0.4, 0.5) is 0 Å². The Morgan fingerprint density at radius 3 is 3.05 bits per heavy atom. The van der Waals surface area contributed by atoms with Gasteiger partial charge in [-0.2, -0.15) is 0 Å². The van der Waals surface area contributed by atoms with Crippen LogP contribution in [-0.2, 0) is 11.8 Å². The topological polar surface area (TPSA) is 41.5 Å². The Balaban J connectivity index is 2.16. The molecule has 1 aliphatic heterocycles. The third-order valence-corrected chi connectivity index (χ3v) is 5.33. The number of nitrogens with one attached hydrogen (secondary N) is 1. The van der Waals surface area contributed by atoms with Crippen molar-refractivity contribution in [3.05, 3.63) is 35.9 Å². The van der Waals surface area contributed by atoms with Crippen molar-refractivity contribution < 1.29 is 9.84 Å². The Hall–Kier alpha value is -1.48. The minimum atomic E-state index is 0.00502. The van der Waals surface area contributed by atoms with Crippen molar-refractivity contribution in [2.45, 2.75) is 37.6 Å². The number of aromatic hydroxyl groups is 1. The van der Waals surface area contributed by atoms with Crippen LogP contribution < -0.4 is 10.1 Å². The van der Waals surface area contributed by atoms with Gasteiger partial charge in [-0.15, -0.1) is 6.58 Å². The first-order valence-corrected chi connectivity index (χ1v) is 7.37. The summed E-state index contributed by atoms with van der Waals surface area (Å²) in [6, 6.07) is 4.51. The molecule has 3 unspecified atom stereocenters. The first-order chi connectivity index (χ1) is 9.64. The number of hydrogen-bond acceptors (Lipinski definition) is 3. The number of phenols is 1. The summed E-state index contributed by atoms with van der Waals surface area (Å²) in [6.07, 6.45) is 4.95. The molecule has 3 atom stereocenters. The van der Waals surface area contributed by atoms with Gasteiger partial charge in [-0.05, 0) is 36.8 Å². The van der Waals surface area contributed by atoms with Crippen molar-refractivity contribution in [1.29, 1.82) is 0 Å². The molecule has 0 saturated carbocycles. The van der Waals surface area contributed by atoms with E-state index in [1.165, 1.54) is 5.56 Å². The minimum absolute atomic E-state index is 0.00502. The van der Waals surface area contributed by atoms with Crippen LogP contribution in [0.3, 0.4) is 0 Å². The van der Waals surface area contributed by atoms with E-state index < -0.39 is 0 Å². The number of phenolic OH excluding ortho intramolecular Hbond substituents is 1. The number of rotatable bonds is 4. The number of hydrogen-bond donors (Lipinski definition) is 2. The molecule has 20 heavy (non-hydrogen) atoms. The molecule has 2 N–H and O–H groups in total. The van der Waals surface area contributed by atoms with Crippen molar-refractivity contribution in [1.82, 2.24) is 5.32 Å². The molecule has 1 fully saturated rings. The van der Waals surface area contributed by atoms with Crippen molar-refractivity contribution in [2.24, 2.45) is 5.92 Å². The minimum Gasteiger partial charge on any atom is -0.504 e. The van der Waals surface area contributed by atoms with Crippen LogP contribution in [0, 0.1) is 5.92 Å². The zero-order valence-corrected chi connectivity index (χ0v) is 12.3. The van der Waals surface area contributed by atoms with Gasteiger partial charge < -0.3 is 15.2 Å². The van der Waals surface area contributed by atoms with Gasteiger partial charge in [0.2, 0.25) is 0 Å². The van der Waals surface area contributed by atoms with E-state index in [9.17, 15) is 5.11 Å². The predicted octanol–water partition coefficient (Wildman–Crippen LogP) is 2.77. The zero-order valence-electron chi connectivity index (χ0n) is 12.3. The second-order valence-electron chi connectivity index (χ2n) is 6.11. The summed E-state index contributed by atoms with van der Waals surface area (Å²) in [6.45, 7) is 7.09. The Morgan fingerprint density at radius 1 is 1.55 bits per heavy atom. The van der Waals surface area contributed by atoms with E-state index in [2.05, 4.69) is 24.9 Å². The van der Waals surface area contributed by atoms with E-state index >= 15 is 0 Å². The van der Waals surface area contributed by atoms with Crippen LogP contribution in [0.15, 0.2) is 24.8 Å². The van der Waals surface area contributed by atoms with E-state index in [1.54, 1.807) is 7.11 Å². The van der Waals surface area contributed by atoms with Gasteiger partial charge in [0.05, 0.1) is 7.11 Å². The maximum Gasteiger partial charge on any atom is 0.161 e. The molecule has 1 aliphatic carbocycles. The van der Waals surface area contributed by atoms with Crippen LogP contribution >= 0.6 is 0 Å². The maximum absolute atomic E-state index is 10.7. The molecular weight excluding hydrogens is 250 g/mol. The Labute approximate surface area is 120 Å². The highest BCUT2D eigenvalue weighted by molar-refractivity contribution is 5.56. The quantitative estimate of drug-likeness (QED) is 0.829. The third kappa shape index (κ3) is 1.69. The highest BCUT2D eigenvalue weighted by Gasteiger charge is 2.52. The normalized spacial score (nSPS) is 30.9. The summed E-state index contributed by atoms with van der Waals surface area (Å²) in [5.41, 5.74) is 2.37. The van der Waals surface area contributed by atoms with E-state index in [1.807, 2.05) is 12.1 Å². The monoisotopic (exact) mass is 273 g/mol. The van der Waals surface area contributed by atoms with Crippen molar-refractivity contribution in [3.8, 4) is 11.5 Å². The first kappa shape index (κ1) is 13.5. The lowest BCUT2D eigenvalue weighted by Crippen LogP contribution is -2.40. The number of methoxy groups -OCH3 is 1. The van der Waals surface area contributed by atoms with Crippen molar-refractivity contribution >= 4 is 0 Å². The SMILES string of the molecule is C=CCCC12CNC(Cc3ccc(OC)c(O)c31)C2C. The lowest BCUT2D eigenvalue weighted by molar-refractivity contribution is 0.274. The Kier molecular flexibility index (Phi) is 3.25. The average molecular weight is 273 g/mol. The molecule has 3 heteroatoms. The molecule has 0 spiro atoms. The first-order valence-electron chi connectivity index (χ1n) is 7.37. The number of benzene rings is 1. The van der Waals surface area contributed by atoms with Crippen LogP contribution in [0.1, 0.15) is 30.9 Å². The third-order valence-electron chi connectivity index (χ3n) is 5.33. The molecule has 0 radical (unpaired) electrons. The summed E-state index contributed by atoms with van der Waals surface area (Å²) in [5, 5.41) is 14.3. The second kappa shape index (κ2) is 4.81. The zero-order chi connectivity index (χ0) is 14.3. The summed E-state index contributed by atoms with van der Waals surface area (Å²) in [5.74, 6) is 1.44. The molecule has 3 rings (SSSR count). The lowest BCUT2D eigenvalue weighted by atomic mass is 9.62.